The molecule has 0 bridgehead atoms. The van der Waals surface area contributed by atoms with Crippen LogP contribution in [0.4, 0.5) is 15.3 Å². The molecule has 34 nitrogen and oxygen atoms in total. The van der Waals surface area contributed by atoms with Gasteiger partial charge in [-0.1, -0.05) is 116 Å². The number of unbranched alkanes of at least 4 members (excludes halogenated alkanes) is 5. The molecular formula is C75H118ClN11O23P2. The second-order valence-electron chi connectivity index (χ2n) is 28.7. The summed E-state index contributed by atoms with van der Waals surface area (Å²) in [4.78, 5) is 185. The van der Waals surface area contributed by atoms with E-state index in [1.54, 1.807) is 117 Å². The smallest absolute Gasteiger partial charge is 0.461 e. The summed E-state index contributed by atoms with van der Waals surface area (Å²) in [6.07, 6.45) is 1.37. The maximum absolute atomic E-state index is 14.4. The highest BCUT2D eigenvalue weighted by molar-refractivity contribution is 7.61. The number of likely N-dealkylation sites (N-methyl/N-ethyl adjacent to an activating group) is 2. The molecule has 2 aromatic rings. The van der Waals surface area contributed by atoms with Crippen LogP contribution < -0.4 is 48.7 Å². The summed E-state index contributed by atoms with van der Waals surface area (Å²) in [5.41, 5.74) is 13.2. The fourth-order valence-corrected chi connectivity index (χ4v) is 13.5. The second-order valence-corrected chi connectivity index (χ2v) is 32.1. The number of allylic oxidation sites excluding steroid dienone is 1. The molecule has 1 heterocycles. The fraction of sp³-hybridized carbons (Fsp3) is 0.627. The highest BCUT2D eigenvalue weighted by Gasteiger charge is 2.39. The first-order valence-electron chi connectivity index (χ1n) is 37.7. The zero-order valence-electron chi connectivity index (χ0n) is 66.7. The Morgan fingerprint density at radius 2 is 1.35 bits per heavy atom. The van der Waals surface area contributed by atoms with Crippen LogP contribution in [0.3, 0.4) is 0 Å². The first-order chi connectivity index (χ1) is 52.6. The zero-order chi connectivity index (χ0) is 84.2. The Morgan fingerprint density at radius 1 is 0.759 bits per heavy atom. The number of benzene rings is 2. The van der Waals surface area contributed by atoms with Crippen molar-refractivity contribution in [2.45, 2.75) is 234 Å². The number of anilines is 1. The van der Waals surface area contributed by atoms with Crippen LogP contribution in [0.2, 0.25) is 5.02 Å². The fourth-order valence-electron chi connectivity index (χ4n) is 11.2. The zero-order valence-corrected chi connectivity index (χ0v) is 69.3. The van der Waals surface area contributed by atoms with Crippen LogP contribution >= 0.6 is 27.2 Å². The predicted molar refractivity (Wildman–Crippen MR) is 416 cm³/mol. The monoisotopic (exact) mass is 1640 g/mol. The molecule has 3 rings (SSSR count). The van der Waals surface area contributed by atoms with Gasteiger partial charge >= 0.3 is 45.7 Å². The topological polar surface area (TPSA) is 487 Å². The Labute approximate surface area is 661 Å². The number of primary amides is 1. The van der Waals surface area contributed by atoms with Gasteiger partial charge in [0, 0.05) is 68.6 Å². The maximum Gasteiger partial charge on any atom is 0.481 e. The number of phosphoric acid groups is 2. The van der Waals surface area contributed by atoms with E-state index in [1.165, 1.54) is 40.9 Å². The summed E-state index contributed by atoms with van der Waals surface area (Å²) in [5, 5.41) is 18.9. The molecule has 0 aromatic heterocycles. The van der Waals surface area contributed by atoms with Gasteiger partial charge in [-0.05, 0) is 145 Å². The molecule has 2 aromatic carbocycles. The van der Waals surface area contributed by atoms with Crippen LogP contribution in [0.5, 0.6) is 0 Å². The highest BCUT2D eigenvalue weighted by Crippen LogP contribution is 2.60. The minimum Gasteiger partial charge on any atom is -0.461 e. The van der Waals surface area contributed by atoms with E-state index in [0.717, 1.165) is 9.80 Å². The molecule has 10 amide bonds. The first-order valence-corrected chi connectivity index (χ1v) is 41.1. The number of ether oxygens (including phenoxy) is 4. The van der Waals surface area contributed by atoms with Gasteiger partial charge < -0.3 is 87.2 Å². The Bertz CT molecular complexity index is 3630. The van der Waals surface area contributed by atoms with Crippen molar-refractivity contribution in [3.05, 3.63) is 88.0 Å². The van der Waals surface area contributed by atoms with E-state index in [2.05, 4.69) is 41.5 Å². The third-order valence-electron chi connectivity index (χ3n) is 18.5. The van der Waals surface area contributed by atoms with Crippen molar-refractivity contribution in [2.24, 2.45) is 35.1 Å². The van der Waals surface area contributed by atoms with Crippen LogP contribution in [0.15, 0.2) is 71.8 Å². The number of cyclic esters (lactones) is 2. The summed E-state index contributed by atoms with van der Waals surface area (Å²) < 4.78 is 62.9. The number of nitrogens with one attached hydrogen (secondary N) is 7. The number of nitrogens with zero attached hydrogens (tertiary/aromatic N) is 2. The van der Waals surface area contributed by atoms with Gasteiger partial charge in [0.2, 0.25) is 35.4 Å². The molecule has 0 saturated heterocycles. The lowest BCUT2D eigenvalue weighted by molar-refractivity contribution is -0.155. The number of esters is 3. The number of hydrogen-bond donors (Lipinski definition) is 11. The molecule has 3 unspecified atom stereocenters. The van der Waals surface area contributed by atoms with E-state index in [0.29, 0.717) is 59.5 Å². The molecule has 13 N–H and O–H groups in total. The van der Waals surface area contributed by atoms with E-state index in [9.17, 15) is 76.5 Å². The molecule has 37 heteroatoms. The number of amides is 10. The van der Waals surface area contributed by atoms with Gasteiger partial charge in [-0.25, -0.2) is 28.3 Å². The molecule has 1 aliphatic rings. The predicted octanol–water partition coefficient (Wildman–Crippen LogP) is 7.59. The number of carbonyl (C=O) groups excluding carboxylic acids is 12. The van der Waals surface area contributed by atoms with Crippen molar-refractivity contribution in [2.75, 3.05) is 52.3 Å². The van der Waals surface area contributed by atoms with Gasteiger partial charge in [-0.2, -0.15) is 4.31 Å². The Morgan fingerprint density at radius 3 is 1.94 bits per heavy atom. The van der Waals surface area contributed by atoms with E-state index in [-0.39, 0.29) is 101 Å². The van der Waals surface area contributed by atoms with Crippen molar-refractivity contribution >= 4 is 104 Å². The molecule has 0 fully saturated rings. The van der Waals surface area contributed by atoms with Crippen molar-refractivity contribution < 1.29 is 109 Å². The van der Waals surface area contributed by atoms with Crippen LogP contribution in [-0.2, 0) is 102 Å². The van der Waals surface area contributed by atoms with E-state index < -0.39 is 167 Å². The van der Waals surface area contributed by atoms with E-state index in [4.69, 9.17) is 51.1 Å². The maximum atomic E-state index is 14.4. The summed E-state index contributed by atoms with van der Waals surface area (Å²) in [7, 11) is -7.50. The number of phosphoric ester groups is 2. The van der Waals surface area contributed by atoms with Gasteiger partial charge in [0.1, 0.15) is 49.0 Å². The highest BCUT2D eigenvalue weighted by atomic mass is 35.5. The van der Waals surface area contributed by atoms with Gasteiger partial charge in [-0.3, -0.25) is 47.4 Å². The minimum atomic E-state index is -5.13. The SMILES string of the molecule is C/C=C(\C)[C@H]1OC(=O)[C@H](C)NC(=O)[C@H](C(C)CC)NC(=O)CN(C)C(=O)[C@@H](Cc2ccc(Cl)cc2)N(C)C(=O)[C@H](C)NC(=O)[C@@H](CC(C)C)OC(=O)/C(C)=C/C[C@H](OC(=O)NCCCCCOP(=O)(O)OP(=O)(O)OCCCCCCC(=O)OCc2ccc(NC(=O)[C@@H](CCCNC(N)=O)NC(=O)[C@H](N)C(C)C)cc2)[C@@H]1C. The lowest BCUT2D eigenvalue weighted by Crippen LogP contribution is -2.57. The summed E-state index contributed by atoms with van der Waals surface area (Å²) >= 11 is 6.17. The van der Waals surface area contributed by atoms with Crippen molar-refractivity contribution in [3.8, 4) is 0 Å². The van der Waals surface area contributed by atoms with Gasteiger partial charge in [0.15, 0.2) is 6.10 Å². The lowest BCUT2D eigenvalue weighted by Gasteiger charge is -2.33. The number of nitrogens with two attached hydrogens (primary N) is 2. The third kappa shape index (κ3) is 36.2. The molecule has 628 valence electrons. The molecule has 0 radical (unpaired) electrons. The van der Waals surface area contributed by atoms with Crippen LogP contribution in [0, 0.1) is 23.7 Å². The number of rotatable bonds is 36. The summed E-state index contributed by atoms with van der Waals surface area (Å²) in [6.45, 7) is 18.6. The lowest BCUT2D eigenvalue weighted by atomic mass is 9.90. The van der Waals surface area contributed by atoms with E-state index in [1.807, 2.05) is 0 Å². The Kier molecular flexibility index (Phi) is 43.1. The standard InChI is InChI=1S/C75H118ClN11O23P2/c1-15-47(7)64-69(93)82-52(12)73(97)109-65(48(8)16-2)50(10)59(36-27-49(9)72(96)107-60(41-45(3)4)67(91)81-51(11)70(94)87(14)58(42-53-28-32-55(76)33-29-53)71(95)86(13)43-61(88)85-64)108-75(99)80-37-21-19-23-40-106-112(102,103)110-111(100,101)105-39-22-18-17-20-26-62(89)104-44-54-30-34-56(35-31-54)83-66(90)57(25-24-38-79-74(78)98)84-68(92)63(77)46(5)6/h16,27-35,45-47,50-52,57-60,63-65H,15,17-26,36-44,77H2,1-14H3,(H,80,99)(H,81,91)(H,82,93)(H,83,90)(H,84,92)(H,85,88)(H,100,101)(H,102,103)(H3,78,79,98)/b48-16+,49-27+/t47?,50-,51-,52-,57+,58+,59-,60+,63+,64-,65+/m0/s1. The number of carbonyl (C=O) groups is 12. The van der Waals surface area contributed by atoms with Crippen molar-refractivity contribution in [1.29, 1.82) is 0 Å². The largest absolute Gasteiger partial charge is 0.481 e. The number of halogens is 1. The molecule has 0 spiro atoms. The van der Waals surface area contributed by atoms with Gasteiger partial charge in [-0.15, -0.1) is 0 Å². The number of hydrogen-bond acceptors (Lipinski definition) is 22. The molecule has 0 aliphatic carbocycles. The minimum absolute atomic E-state index is 0.00941. The average Bonchev–Trinajstić information content (AvgIpc) is 0.830. The van der Waals surface area contributed by atoms with E-state index >= 15 is 0 Å². The Hall–Kier alpha value is -8.33. The van der Waals surface area contributed by atoms with Crippen molar-refractivity contribution in [1.82, 2.24) is 41.7 Å². The third-order valence-corrected chi connectivity index (χ3v) is 21.4. The molecular weight excluding hydrogens is 1520 g/mol. The molecule has 13 atom stereocenters. The first kappa shape index (κ1) is 97.9. The number of urea groups is 1. The molecule has 1 aliphatic heterocycles. The normalized spacial score (nSPS) is 22.2. The quantitative estimate of drug-likeness (QED) is 0.0103. The van der Waals surface area contributed by atoms with Crippen LogP contribution in [-0.4, -0.2) is 192 Å². The summed E-state index contributed by atoms with van der Waals surface area (Å²) in [5.74, 6) is -8.77. The number of alkyl carbamates (subject to hydrolysis) is 1. The second kappa shape index (κ2) is 49.3. The Balaban J connectivity index is 1.63. The van der Waals surface area contributed by atoms with Gasteiger partial charge in [0.05, 0.1) is 25.8 Å². The summed E-state index contributed by atoms with van der Waals surface area (Å²) in [6, 6.07) is 5.48. The molecule has 0 saturated carbocycles. The molecule has 112 heavy (non-hydrogen) atoms. The van der Waals surface area contributed by atoms with Crippen LogP contribution in [0.1, 0.15) is 178 Å². The van der Waals surface area contributed by atoms with Crippen LogP contribution in [0.25, 0.3) is 0 Å². The van der Waals surface area contributed by atoms with Crippen molar-refractivity contribution in [3.63, 3.8) is 0 Å². The van der Waals surface area contributed by atoms with Gasteiger partial charge in [0.25, 0.3) is 5.91 Å². The average molecular weight is 1640 g/mol.